The molecule has 0 rings (SSSR count). The van der Waals surface area contributed by atoms with E-state index in [1.165, 1.54) is 13.0 Å². The second-order valence-corrected chi connectivity index (χ2v) is 4.12. The van der Waals surface area contributed by atoms with E-state index in [4.69, 9.17) is 5.73 Å². The van der Waals surface area contributed by atoms with E-state index in [2.05, 4.69) is 32.6 Å². The Bertz CT molecular complexity index is 101. The Kier molecular flexibility index (Phi) is 5.51. The molecular formula is C10H24N2. The summed E-state index contributed by atoms with van der Waals surface area (Å²) in [6.45, 7) is 12.1. The van der Waals surface area contributed by atoms with Crippen LogP contribution in [0.3, 0.4) is 0 Å². The van der Waals surface area contributed by atoms with Gasteiger partial charge >= 0.3 is 0 Å². The monoisotopic (exact) mass is 172 g/mol. The fourth-order valence-corrected chi connectivity index (χ4v) is 1.30. The van der Waals surface area contributed by atoms with Crippen molar-refractivity contribution in [2.75, 3.05) is 19.6 Å². The Morgan fingerprint density at radius 2 is 1.67 bits per heavy atom. The number of nitrogens with zero attached hydrogens (tertiary/aromatic N) is 1. The first kappa shape index (κ1) is 11.9. The summed E-state index contributed by atoms with van der Waals surface area (Å²) < 4.78 is 0. The van der Waals surface area contributed by atoms with Gasteiger partial charge < -0.3 is 10.6 Å². The Morgan fingerprint density at radius 1 is 1.17 bits per heavy atom. The molecule has 0 aromatic rings. The summed E-state index contributed by atoms with van der Waals surface area (Å²) in [6, 6.07) is 0. The molecule has 0 unspecified atom stereocenters. The lowest BCUT2D eigenvalue weighted by Gasteiger charge is -2.22. The topological polar surface area (TPSA) is 29.3 Å². The van der Waals surface area contributed by atoms with Crippen LogP contribution in [-0.4, -0.2) is 30.1 Å². The first-order valence-electron chi connectivity index (χ1n) is 5.01. The minimum atomic E-state index is 0.00710. The molecule has 0 spiro atoms. The summed E-state index contributed by atoms with van der Waals surface area (Å²) in [5, 5.41) is 0. The Morgan fingerprint density at radius 3 is 2.00 bits per heavy atom. The van der Waals surface area contributed by atoms with E-state index in [-0.39, 0.29) is 5.54 Å². The molecule has 0 radical (unpaired) electrons. The lowest BCUT2D eigenvalue weighted by molar-refractivity contribution is 0.284. The SMILES string of the molecule is CCN(CC)CCCC(C)(C)N. The smallest absolute Gasteiger partial charge is 0.00975 e. The minimum Gasteiger partial charge on any atom is -0.326 e. The fourth-order valence-electron chi connectivity index (χ4n) is 1.30. The van der Waals surface area contributed by atoms with Gasteiger partial charge in [0.05, 0.1) is 0 Å². The quantitative estimate of drug-likeness (QED) is 0.662. The van der Waals surface area contributed by atoms with Crippen LogP contribution in [0.15, 0.2) is 0 Å². The molecule has 0 aliphatic rings. The molecule has 2 heteroatoms. The lowest BCUT2D eigenvalue weighted by atomic mass is 10.00. The molecule has 0 amide bonds. The van der Waals surface area contributed by atoms with Crippen molar-refractivity contribution in [2.24, 2.45) is 5.73 Å². The zero-order valence-corrected chi connectivity index (χ0v) is 9.06. The first-order valence-corrected chi connectivity index (χ1v) is 5.01. The van der Waals surface area contributed by atoms with E-state index in [1.54, 1.807) is 0 Å². The fraction of sp³-hybridized carbons (Fsp3) is 1.00. The third-order valence-corrected chi connectivity index (χ3v) is 2.19. The van der Waals surface area contributed by atoms with Crippen LogP contribution in [0.4, 0.5) is 0 Å². The van der Waals surface area contributed by atoms with E-state index < -0.39 is 0 Å². The molecule has 12 heavy (non-hydrogen) atoms. The first-order chi connectivity index (χ1) is 5.49. The molecule has 0 aliphatic carbocycles. The molecule has 0 aromatic heterocycles. The zero-order chi connectivity index (χ0) is 9.61. The Labute approximate surface area is 77.1 Å². The van der Waals surface area contributed by atoms with Crippen molar-refractivity contribution in [3.63, 3.8) is 0 Å². The summed E-state index contributed by atoms with van der Waals surface area (Å²) in [5.41, 5.74) is 5.89. The number of nitrogens with two attached hydrogens (primary N) is 1. The second kappa shape index (κ2) is 5.55. The van der Waals surface area contributed by atoms with Gasteiger partial charge in [-0.05, 0) is 46.3 Å². The Hall–Kier alpha value is -0.0800. The molecule has 0 bridgehead atoms. The summed E-state index contributed by atoms with van der Waals surface area (Å²) in [5.74, 6) is 0. The maximum atomic E-state index is 5.89. The van der Waals surface area contributed by atoms with Crippen molar-refractivity contribution >= 4 is 0 Å². The van der Waals surface area contributed by atoms with Crippen LogP contribution >= 0.6 is 0 Å². The van der Waals surface area contributed by atoms with Crippen LogP contribution in [0.25, 0.3) is 0 Å². The molecule has 0 saturated carbocycles. The highest BCUT2D eigenvalue weighted by Gasteiger charge is 2.10. The van der Waals surface area contributed by atoms with E-state index in [0.717, 1.165) is 19.5 Å². The molecule has 0 saturated heterocycles. The van der Waals surface area contributed by atoms with E-state index >= 15 is 0 Å². The summed E-state index contributed by atoms with van der Waals surface area (Å²) >= 11 is 0. The molecule has 74 valence electrons. The van der Waals surface area contributed by atoms with Crippen molar-refractivity contribution in [1.29, 1.82) is 0 Å². The highest BCUT2D eigenvalue weighted by Crippen LogP contribution is 2.07. The summed E-state index contributed by atoms with van der Waals surface area (Å²) in [6.07, 6.45) is 2.33. The summed E-state index contributed by atoms with van der Waals surface area (Å²) in [4.78, 5) is 2.44. The van der Waals surface area contributed by atoms with Crippen LogP contribution < -0.4 is 5.73 Å². The lowest BCUT2D eigenvalue weighted by Crippen LogP contribution is -2.33. The van der Waals surface area contributed by atoms with Crippen LogP contribution in [0.1, 0.15) is 40.5 Å². The number of hydrogen-bond donors (Lipinski definition) is 1. The predicted octanol–water partition coefficient (Wildman–Crippen LogP) is 1.85. The molecule has 0 aliphatic heterocycles. The third kappa shape index (κ3) is 6.62. The van der Waals surface area contributed by atoms with Gasteiger partial charge in [-0.3, -0.25) is 0 Å². The van der Waals surface area contributed by atoms with Gasteiger partial charge in [-0.2, -0.15) is 0 Å². The minimum absolute atomic E-state index is 0.00710. The zero-order valence-electron chi connectivity index (χ0n) is 9.06. The van der Waals surface area contributed by atoms with Gasteiger partial charge in [0.2, 0.25) is 0 Å². The van der Waals surface area contributed by atoms with Crippen molar-refractivity contribution < 1.29 is 0 Å². The van der Waals surface area contributed by atoms with Crippen LogP contribution in [0.5, 0.6) is 0 Å². The number of hydrogen-bond acceptors (Lipinski definition) is 2. The van der Waals surface area contributed by atoms with E-state index in [0.29, 0.717) is 0 Å². The van der Waals surface area contributed by atoms with Gasteiger partial charge in [-0.25, -0.2) is 0 Å². The van der Waals surface area contributed by atoms with Crippen molar-refractivity contribution in [3.8, 4) is 0 Å². The Balaban J connectivity index is 3.41. The summed E-state index contributed by atoms with van der Waals surface area (Å²) in [7, 11) is 0. The molecule has 0 heterocycles. The average Bonchev–Trinajstić information content (AvgIpc) is 1.96. The van der Waals surface area contributed by atoms with Gasteiger partial charge in [0.15, 0.2) is 0 Å². The standard InChI is InChI=1S/C10H24N2/c1-5-12(6-2)9-7-8-10(3,4)11/h5-9,11H2,1-4H3. The van der Waals surface area contributed by atoms with E-state index in [9.17, 15) is 0 Å². The molecule has 2 nitrogen and oxygen atoms in total. The highest BCUT2D eigenvalue weighted by atomic mass is 15.1. The molecular weight excluding hydrogens is 148 g/mol. The van der Waals surface area contributed by atoms with Crippen LogP contribution in [-0.2, 0) is 0 Å². The van der Waals surface area contributed by atoms with Crippen molar-refractivity contribution in [2.45, 2.75) is 46.1 Å². The number of rotatable bonds is 6. The van der Waals surface area contributed by atoms with Crippen LogP contribution in [0, 0.1) is 0 Å². The maximum absolute atomic E-state index is 5.89. The van der Waals surface area contributed by atoms with Gasteiger partial charge in [0, 0.05) is 5.54 Å². The molecule has 0 fully saturated rings. The predicted molar refractivity (Wildman–Crippen MR) is 55.3 cm³/mol. The molecule has 0 atom stereocenters. The van der Waals surface area contributed by atoms with Crippen molar-refractivity contribution in [3.05, 3.63) is 0 Å². The van der Waals surface area contributed by atoms with Crippen LogP contribution in [0.2, 0.25) is 0 Å². The van der Waals surface area contributed by atoms with E-state index in [1.807, 2.05) is 0 Å². The van der Waals surface area contributed by atoms with Crippen molar-refractivity contribution in [1.82, 2.24) is 4.90 Å². The molecule has 2 N–H and O–H groups in total. The largest absolute Gasteiger partial charge is 0.326 e. The normalized spacial score (nSPS) is 12.5. The average molecular weight is 172 g/mol. The van der Waals surface area contributed by atoms with Gasteiger partial charge in [0.1, 0.15) is 0 Å². The highest BCUT2D eigenvalue weighted by molar-refractivity contribution is 4.71. The van der Waals surface area contributed by atoms with Gasteiger partial charge in [-0.1, -0.05) is 13.8 Å². The second-order valence-electron chi connectivity index (χ2n) is 4.12. The molecule has 0 aromatic carbocycles. The third-order valence-electron chi connectivity index (χ3n) is 2.19. The van der Waals surface area contributed by atoms with Gasteiger partial charge in [-0.15, -0.1) is 0 Å². The van der Waals surface area contributed by atoms with Gasteiger partial charge in [0.25, 0.3) is 0 Å². The maximum Gasteiger partial charge on any atom is 0.00975 e.